The smallest absolute Gasteiger partial charge is 0.205 e. The van der Waals surface area contributed by atoms with Crippen LogP contribution < -0.4 is 16.6 Å². The number of guanidine groups is 1. The highest BCUT2D eigenvalue weighted by atomic mass is 15.4. The molecule has 0 unspecified atom stereocenters. The molecule has 0 aliphatic rings. The monoisotopic (exact) mass is 225 g/mol. The zero-order valence-corrected chi connectivity index (χ0v) is 9.56. The van der Waals surface area contributed by atoms with E-state index in [0.29, 0.717) is 12.5 Å². The highest BCUT2D eigenvalue weighted by Gasteiger charge is 1.95. The van der Waals surface area contributed by atoms with E-state index < -0.39 is 0 Å². The predicted octanol–water partition coefficient (Wildman–Crippen LogP) is -0.513. The Morgan fingerprint density at radius 3 is 3.06 bits per heavy atom. The summed E-state index contributed by atoms with van der Waals surface area (Å²) in [5, 5.41) is 10.7. The van der Waals surface area contributed by atoms with Crippen LogP contribution in [0.5, 0.6) is 0 Å². The molecule has 1 heterocycles. The fourth-order valence-electron chi connectivity index (χ4n) is 1.14. The standard InChI is InChI=1S/C9H19N7/c1-2-3-4-11-9(14-10)12-5-7-16-8-6-13-15-16/h6,8H,2-5,7,10H2,1H3,(H2,11,12,14). The second-order valence-electron chi connectivity index (χ2n) is 3.32. The summed E-state index contributed by atoms with van der Waals surface area (Å²) in [6.45, 7) is 4.35. The minimum atomic E-state index is 0.619. The lowest BCUT2D eigenvalue weighted by molar-refractivity contribution is 0.576. The van der Waals surface area contributed by atoms with Gasteiger partial charge in [-0.15, -0.1) is 5.10 Å². The molecule has 0 aliphatic carbocycles. The maximum absolute atomic E-state index is 5.34. The number of hydrogen-bond donors (Lipinski definition) is 3. The van der Waals surface area contributed by atoms with E-state index in [4.69, 9.17) is 5.84 Å². The van der Waals surface area contributed by atoms with Crippen LogP contribution in [0.2, 0.25) is 0 Å². The molecule has 16 heavy (non-hydrogen) atoms. The normalized spacial score (nSPS) is 11.5. The second kappa shape index (κ2) is 7.63. The zero-order chi connectivity index (χ0) is 11.6. The molecule has 1 aromatic heterocycles. The summed E-state index contributed by atoms with van der Waals surface area (Å²) in [4.78, 5) is 4.27. The van der Waals surface area contributed by atoms with Gasteiger partial charge in [-0.1, -0.05) is 18.6 Å². The van der Waals surface area contributed by atoms with Crippen molar-refractivity contribution in [3.63, 3.8) is 0 Å². The van der Waals surface area contributed by atoms with Crippen LogP contribution >= 0.6 is 0 Å². The lowest BCUT2D eigenvalue weighted by atomic mass is 10.3. The van der Waals surface area contributed by atoms with Crippen molar-refractivity contribution < 1.29 is 0 Å². The van der Waals surface area contributed by atoms with Crippen LogP contribution in [0.3, 0.4) is 0 Å². The van der Waals surface area contributed by atoms with E-state index in [1.54, 1.807) is 10.9 Å². The van der Waals surface area contributed by atoms with Crippen LogP contribution in [0.25, 0.3) is 0 Å². The number of nitrogens with zero attached hydrogens (tertiary/aromatic N) is 4. The third-order valence-electron chi connectivity index (χ3n) is 2.02. The molecule has 0 fully saturated rings. The average molecular weight is 225 g/mol. The maximum atomic E-state index is 5.34. The van der Waals surface area contributed by atoms with Gasteiger partial charge in [-0.25, -0.2) is 5.84 Å². The second-order valence-corrected chi connectivity index (χ2v) is 3.32. The van der Waals surface area contributed by atoms with Crippen LogP contribution in [-0.4, -0.2) is 34.0 Å². The molecule has 7 nitrogen and oxygen atoms in total. The number of hydrogen-bond acceptors (Lipinski definition) is 4. The van der Waals surface area contributed by atoms with Gasteiger partial charge in [-0.2, -0.15) is 0 Å². The summed E-state index contributed by atoms with van der Waals surface area (Å²) >= 11 is 0. The Kier molecular flexibility index (Phi) is 5.94. The number of aromatic nitrogens is 3. The highest BCUT2D eigenvalue weighted by molar-refractivity contribution is 5.79. The van der Waals surface area contributed by atoms with Gasteiger partial charge in [-0.05, 0) is 6.42 Å². The molecule has 0 aromatic carbocycles. The molecule has 90 valence electrons. The first-order valence-corrected chi connectivity index (χ1v) is 5.46. The van der Waals surface area contributed by atoms with Crippen molar-refractivity contribution in [2.45, 2.75) is 26.3 Å². The fourth-order valence-corrected chi connectivity index (χ4v) is 1.14. The molecule has 0 saturated heterocycles. The van der Waals surface area contributed by atoms with Crippen molar-refractivity contribution in [3.05, 3.63) is 12.4 Å². The van der Waals surface area contributed by atoms with E-state index in [9.17, 15) is 0 Å². The van der Waals surface area contributed by atoms with E-state index in [-0.39, 0.29) is 0 Å². The molecule has 0 atom stereocenters. The zero-order valence-electron chi connectivity index (χ0n) is 9.56. The molecule has 0 radical (unpaired) electrons. The van der Waals surface area contributed by atoms with Gasteiger partial charge >= 0.3 is 0 Å². The van der Waals surface area contributed by atoms with E-state index in [0.717, 1.165) is 25.9 Å². The maximum Gasteiger partial charge on any atom is 0.205 e. The number of rotatable bonds is 6. The number of nitrogens with one attached hydrogen (secondary N) is 2. The van der Waals surface area contributed by atoms with Crippen molar-refractivity contribution in [3.8, 4) is 0 Å². The third-order valence-corrected chi connectivity index (χ3v) is 2.02. The number of aliphatic imine (C=N–C) groups is 1. The number of unbranched alkanes of at least 4 members (excludes halogenated alkanes) is 1. The number of hydrazine groups is 1. The predicted molar refractivity (Wildman–Crippen MR) is 62.6 cm³/mol. The first kappa shape index (κ1) is 12.4. The van der Waals surface area contributed by atoms with Gasteiger partial charge in [0.1, 0.15) is 0 Å². The van der Waals surface area contributed by atoms with Gasteiger partial charge in [0.25, 0.3) is 0 Å². The summed E-state index contributed by atoms with van der Waals surface area (Å²) in [6, 6.07) is 0. The molecule has 0 spiro atoms. The average Bonchev–Trinajstić information content (AvgIpc) is 2.80. The van der Waals surface area contributed by atoms with Gasteiger partial charge in [-0.3, -0.25) is 15.1 Å². The summed E-state index contributed by atoms with van der Waals surface area (Å²) in [7, 11) is 0. The van der Waals surface area contributed by atoms with E-state index in [1.165, 1.54) is 0 Å². The Bertz CT molecular complexity index is 293. The van der Waals surface area contributed by atoms with Crippen LogP contribution in [0.15, 0.2) is 17.4 Å². The Labute approximate surface area is 95.1 Å². The molecule has 0 amide bonds. The topological polar surface area (TPSA) is 93.2 Å². The molecule has 1 rings (SSSR count). The molecule has 0 saturated carbocycles. The lowest BCUT2D eigenvalue weighted by Crippen LogP contribution is -2.42. The minimum absolute atomic E-state index is 0.619. The van der Waals surface area contributed by atoms with Crippen molar-refractivity contribution in [1.29, 1.82) is 0 Å². The minimum Gasteiger partial charge on any atom is -0.353 e. The van der Waals surface area contributed by atoms with Crippen LogP contribution in [0.1, 0.15) is 19.8 Å². The van der Waals surface area contributed by atoms with E-state index >= 15 is 0 Å². The van der Waals surface area contributed by atoms with Crippen LogP contribution in [-0.2, 0) is 6.54 Å². The summed E-state index contributed by atoms with van der Waals surface area (Å²) in [5.41, 5.74) is 2.53. The highest BCUT2D eigenvalue weighted by Crippen LogP contribution is 1.86. The third kappa shape index (κ3) is 4.74. The van der Waals surface area contributed by atoms with Gasteiger partial charge in [0, 0.05) is 19.3 Å². The quantitative estimate of drug-likeness (QED) is 0.199. The van der Waals surface area contributed by atoms with E-state index in [1.807, 2.05) is 6.20 Å². The first-order valence-electron chi connectivity index (χ1n) is 5.46. The van der Waals surface area contributed by atoms with Crippen LogP contribution in [0.4, 0.5) is 0 Å². The molecular formula is C9H19N7. The Balaban J connectivity index is 2.20. The Morgan fingerprint density at radius 1 is 1.56 bits per heavy atom. The Morgan fingerprint density at radius 2 is 2.44 bits per heavy atom. The SMILES string of the molecule is CCCCN=C(NN)NCCn1ccnn1. The molecule has 1 aromatic rings. The molecular weight excluding hydrogens is 206 g/mol. The van der Waals surface area contributed by atoms with Crippen molar-refractivity contribution >= 4 is 5.96 Å². The van der Waals surface area contributed by atoms with Crippen molar-refractivity contribution in [1.82, 2.24) is 25.7 Å². The van der Waals surface area contributed by atoms with Crippen molar-refractivity contribution in [2.24, 2.45) is 10.8 Å². The van der Waals surface area contributed by atoms with Gasteiger partial charge in [0.2, 0.25) is 5.96 Å². The molecule has 0 bridgehead atoms. The van der Waals surface area contributed by atoms with Gasteiger partial charge in [0.05, 0.1) is 12.7 Å². The molecule has 0 aliphatic heterocycles. The summed E-state index contributed by atoms with van der Waals surface area (Å²) in [6.07, 6.45) is 5.65. The first-order chi connectivity index (χ1) is 7.86. The summed E-state index contributed by atoms with van der Waals surface area (Å²) in [5.74, 6) is 5.96. The Hall–Kier alpha value is -1.63. The van der Waals surface area contributed by atoms with Gasteiger partial charge < -0.3 is 5.32 Å². The van der Waals surface area contributed by atoms with E-state index in [2.05, 4.69) is 33.0 Å². The molecule has 7 heteroatoms. The summed E-state index contributed by atoms with van der Waals surface area (Å²) < 4.78 is 1.74. The van der Waals surface area contributed by atoms with Gasteiger partial charge in [0.15, 0.2) is 0 Å². The molecule has 4 N–H and O–H groups in total. The largest absolute Gasteiger partial charge is 0.353 e. The van der Waals surface area contributed by atoms with Crippen LogP contribution in [0, 0.1) is 0 Å². The van der Waals surface area contributed by atoms with Crippen molar-refractivity contribution in [2.75, 3.05) is 13.1 Å². The lowest BCUT2D eigenvalue weighted by Gasteiger charge is -2.08. The fraction of sp³-hybridized carbons (Fsp3) is 0.667. The number of nitrogens with two attached hydrogens (primary N) is 1.